The third-order valence-corrected chi connectivity index (χ3v) is 4.83. The zero-order valence-electron chi connectivity index (χ0n) is 15.9. The number of ether oxygens (including phenoxy) is 1. The van der Waals surface area contributed by atoms with Crippen molar-refractivity contribution in [1.29, 1.82) is 0 Å². The van der Waals surface area contributed by atoms with Crippen LogP contribution < -0.4 is 15.4 Å². The minimum Gasteiger partial charge on any atom is -0.495 e. The Kier molecular flexibility index (Phi) is 10.1. The maximum atomic E-state index is 12.2. The summed E-state index contributed by atoms with van der Waals surface area (Å²) in [6, 6.07) is 4.17. The molecule has 0 radical (unpaired) electrons. The lowest BCUT2D eigenvalue weighted by atomic mass is 9.93. The molecule has 2 N–H and O–H groups in total. The predicted octanol–water partition coefficient (Wildman–Crippen LogP) is 2.68. The number of nitrogens with one attached hydrogen (secondary N) is 2. The molecule has 0 saturated carbocycles. The fraction of sp³-hybridized carbons (Fsp3) is 0.611. The van der Waals surface area contributed by atoms with Crippen molar-refractivity contribution < 1.29 is 14.5 Å². The Labute approximate surface area is 166 Å². The van der Waals surface area contributed by atoms with Gasteiger partial charge in [0.2, 0.25) is 5.91 Å². The van der Waals surface area contributed by atoms with E-state index < -0.39 is 4.92 Å². The number of methoxy groups -OCH3 is 1. The van der Waals surface area contributed by atoms with E-state index >= 15 is 0 Å². The Morgan fingerprint density at radius 3 is 2.67 bits per heavy atom. The molecule has 1 amide bonds. The van der Waals surface area contributed by atoms with Crippen molar-refractivity contribution >= 4 is 29.7 Å². The molecular weight excluding hydrogens is 372 g/mol. The van der Waals surface area contributed by atoms with E-state index in [1.807, 2.05) is 7.05 Å². The number of non-ortho nitro benzene ring substituents is 1. The predicted molar refractivity (Wildman–Crippen MR) is 108 cm³/mol. The van der Waals surface area contributed by atoms with Crippen LogP contribution in [0.5, 0.6) is 5.75 Å². The number of carbonyl (C=O) groups is 1. The highest BCUT2D eigenvalue weighted by Crippen LogP contribution is 2.29. The van der Waals surface area contributed by atoms with Crippen LogP contribution in [0.3, 0.4) is 0 Å². The molecule has 1 fully saturated rings. The Bertz CT molecular complexity index is 621. The quantitative estimate of drug-likeness (QED) is 0.488. The van der Waals surface area contributed by atoms with Crippen molar-refractivity contribution in [2.75, 3.05) is 45.7 Å². The van der Waals surface area contributed by atoms with Crippen LogP contribution >= 0.6 is 12.4 Å². The third-order valence-electron chi connectivity index (χ3n) is 4.83. The summed E-state index contributed by atoms with van der Waals surface area (Å²) in [5, 5.41) is 16.8. The highest BCUT2D eigenvalue weighted by Gasteiger charge is 2.20. The van der Waals surface area contributed by atoms with E-state index in [1.54, 1.807) is 0 Å². The molecule has 0 spiro atoms. The molecule has 0 atom stereocenters. The van der Waals surface area contributed by atoms with E-state index in [9.17, 15) is 14.9 Å². The van der Waals surface area contributed by atoms with E-state index in [0.717, 1.165) is 25.6 Å². The normalized spacial score (nSPS) is 15.0. The molecule has 8 nitrogen and oxygen atoms in total. The third kappa shape index (κ3) is 7.32. The lowest BCUT2D eigenvalue weighted by molar-refractivity contribution is -0.384. The number of rotatable bonds is 9. The summed E-state index contributed by atoms with van der Waals surface area (Å²) >= 11 is 0. The monoisotopic (exact) mass is 400 g/mol. The van der Waals surface area contributed by atoms with E-state index in [4.69, 9.17) is 4.74 Å². The summed E-state index contributed by atoms with van der Waals surface area (Å²) < 4.78 is 5.17. The van der Waals surface area contributed by atoms with Gasteiger partial charge < -0.3 is 20.3 Å². The lowest BCUT2D eigenvalue weighted by Crippen LogP contribution is -2.36. The number of nitro benzene ring substituents is 1. The van der Waals surface area contributed by atoms with Crippen LogP contribution in [0.25, 0.3) is 0 Å². The molecule has 9 heteroatoms. The van der Waals surface area contributed by atoms with Crippen molar-refractivity contribution in [1.82, 2.24) is 10.2 Å². The molecule has 2 rings (SSSR count). The summed E-state index contributed by atoms with van der Waals surface area (Å²) in [5.41, 5.74) is 0.252. The van der Waals surface area contributed by atoms with Gasteiger partial charge in [-0.25, -0.2) is 0 Å². The first-order chi connectivity index (χ1) is 12.5. The van der Waals surface area contributed by atoms with Crippen LogP contribution in [0.4, 0.5) is 11.4 Å². The number of halogens is 1. The first kappa shape index (κ1) is 23.1. The molecule has 0 aromatic heterocycles. The van der Waals surface area contributed by atoms with Crippen LogP contribution in [0.2, 0.25) is 0 Å². The van der Waals surface area contributed by atoms with Gasteiger partial charge in [-0.3, -0.25) is 14.9 Å². The Morgan fingerprint density at radius 1 is 1.37 bits per heavy atom. The first-order valence-electron chi connectivity index (χ1n) is 9.02. The molecule has 152 valence electrons. The molecule has 1 heterocycles. The number of nitrogens with zero attached hydrogens (tertiary/aromatic N) is 2. The number of benzene rings is 1. The van der Waals surface area contributed by atoms with Gasteiger partial charge in [0.05, 0.1) is 17.7 Å². The van der Waals surface area contributed by atoms with Crippen LogP contribution in [0, 0.1) is 16.0 Å². The number of piperidine rings is 1. The fourth-order valence-corrected chi connectivity index (χ4v) is 3.23. The zero-order chi connectivity index (χ0) is 18.9. The zero-order valence-corrected chi connectivity index (χ0v) is 16.7. The fourth-order valence-electron chi connectivity index (χ4n) is 3.23. The van der Waals surface area contributed by atoms with Gasteiger partial charge in [0.25, 0.3) is 5.69 Å². The molecule has 27 heavy (non-hydrogen) atoms. The molecule has 0 aliphatic carbocycles. The molecule has 0 unspecified atom stereocenters. The average Bonchev–Trinajstić information content (AvgIpc) is 2.65. The lowest BCUT2D eigenvalue weighted by Gasteiger charge is -2.31. The smallest absolute Gasteiger partial charge is 0.271 e. The number of likely N-dealkylation sites (tertiary alicyclic amines) is 1. The highest BCUT2D eigenvalue weighted by atomic mass is 35.5. The van der Waals surface area contributed by atoms with Crippen LogP contribution in [-0.2, 0) is 4.79 Å². The maximum absolute atomic E-state index is 12.2. The van der Waals surface area contributed by atoms with Crippen LogP contribution in [0.15, 0.2) is 18.2 Å². The number of nitro groups is 1. The first-order valence-corrected chi connectivity index (χ1v) is 9.02. The summed E-state index contributed by atoms with van der Waals surface area (Å²) in [6.45, 7) is 3.78. The van der Waals surface area contributed by atoms with Gasteiger partial charge in [0, 0.05) is 25.1 Å². The van der Waals surface area contributed by atoms with Crippen LogP contribution in [-0.4, -0.2) is 56.1 Å². The minimum atomic E-state index is -0.493. The van der Waals surface area contributed by atoms with Crippen molar-refractivity contribution in [3.8, 4) is 5.75 Å². The molecule has 1 aromatic rings. The SMILES string of the molecule is CNCCC1CCN(CCC(=O)Nc2cc([N+](=O)[O-])ccc2OC)CC1.Cl. The molecule has 1 aliphatic heterocycles. The molecule has 1 aromatic carbocycles. The summed E-state index contributed by atoms with van der Waals surface area (Å²) in [7, 11) is 3.44. The largest absolute Gasteiger partial charge is 0.495 e. The number of hydrogen-bond acceptors (Lipinski definition) is 6. The highest BCUT2D eigenvalue weighted by molar-refractivity contribution is 5.92. The minimum absolute atomic E-state index is 0. The summed E-state index contributed by atoms with van der Waals surface area (Å²) in [4.78, 5) is 25.0. The summed E-state index contributed by atoms with van der Waals surface area (Å²) in [6.07, 6.45) is 3.90. The Morgan fingerprint density at radius 2 is 2.07 bits per heavy atom. The standard InChI is InChI=1S/C18H28N4O4.ClH/c1-19-9-5-14-6-10-21(11-7-14)12-8-18(23)20-16-13-15(22(24)25)3-4-17(16)26-2;/h3-4,13-14,19H,5-12H2,1-2H3,(H,20,23);1H. The van der Waals surface area contributed by atoms with E-state index in [-0.39, 0.29) is 24.0 Å². The van der Waals surface area contributed by atoms with Crippen molar-refractivity contribution in [3.63, 3.8) is 0 Å². The number of amides is 1. The number of hydrogen-bond donors (Lipinski definition) is 2. The maximum Gasteiger partial charge on any atom is 0.271 e. The average molecular weight is 401 g/mol. The second kappa shape index (κ2) is 11.7. The van der Waals surface area contributed by atoms with Crippen molar-refractivity contribution in [2.45, 2.75) is 25.7 Å². The Hall–Kier alpha value is -1.90. The van der Waals surface area contributed by atoms with Crippen molar-refractivity contribution in [3.05, 3.63) is 28.3 Å². The van der Waals surface area contributed by atoms with Crippen molar-refractivity contribution in [2.24, 2.45) is 5.92 Å². The van der Waals surface area contributed by atoms with Gasteiger partial charge in [0.15, 0.2) is 0 Å². The Balaban J connectivity index is 0.00000364. The second-order valence-electron chi connectivity index (χ2n) is 6.62. The molecule has 1 aliphatic rings. The second-order valence-corrected chi connectivity index (χ2v) is 6.62. The van der Waals surface area contributed by atoms with Gasteiger partial charge in [0.1, 0.15) is 5.75 Å². The van der Waals surface area contributed by atoms with E-state index in [2.05, 4.69) is 15.5 Å². The molecule has 1 saturated heterocycles. The number of carbonyl (C=O) groups excluding carboxylic acids is 1. The van der Waals surface area contributed by atoms with Gasteiger partial charge in [-0.2, -0.15) is 0 Å². The van der Waals surface area contributed by atoms with E-state index in [1.165, 1.54) is 44.6 Å². The van der Waals surface area contributed by atoms with Gasteiger partial charge in [-0.05, 0) is 57.9 Å². The molecule has 0 bridgehead atoms. The van der Waals surface area contributed by atoms with Gasteiger partial charge in [-0.15, -0.1) is 12.4 Å². The summed E-state index contributed by atoms with van der Waals surface area (Å²) in [5.74, 6) is 1.01. The molecular formula is C18H29ClN4O4. The topological polar surface area (TPSA) is 96.7 Å². The van der Waals surface area contributed by atoms with E-state index in [0.29, 0.717) is 24.4 Å². The van der Waals surface area contributed by atoms with Gasteiger partial charge >= 0.3 is 0 Å². The number of anilines is 1. The van der Waals surface area contributed by atoms with Crippen LogP contribution in [0.1, 0.15) is 25.7 Å². The van der Waals surface area contributed by atoms with Gasteiger partial charge in [-0.1, -0.05) is 0 Å².